The fourth-order valence-corrected chi connectivity index (χ4v) is 3.18. The minimum atomic E-state index is -2.98. The zero-order valence-corrected chi connectivity index (χ0v) is 9.16. The number of piperidine rings is 1. The molecule has 1 amide bonds. The van der Waals surface area contributed by atoms with Crippen LogP contribution in [0.25, 0.3) is 0 Å². The number of rotatable bonds is 1. The van der Waals surface area contributed by atoms with Gasteiger partial charge in [-0.15, -0.1) is 0 Å². The Balaban J connectivity index is 1.91. The average molecular weight is 245 g/mol. The van der Waals surface area contributed by atoms with E-state index < -0.39 is 35.2 Å². The maximum atomic E-state index is 14.1. The first kappa shape index (κ1) is 10.9. The van der Waals surface area contributed by atoms with Gasteiger partial charge in [0.2, 0.25) is 5.91 Å². The molecule has 2 saturated heterocycles. The van der Waals surface area contributed by atoms with E-state index >= 15 is 0 Å². The third-order valence-corrected chi connectivity index (χ3v) is 4.41. The summed E-state index contributed by atoms with van der Waals surface area (Å²) in [7, 11) is 0. The highest BCUT2D eigenvalue weighted by atomic mass is 19.3. The Morgan fingerprint density at radius 2 is 2.00 bits per heavy atom. The van der Waals surface area contributed by atoms with Crippen molar-refractivity contribution < 1.29 is 23.5 Å². The summed E-state index contributed by atoms with van der Waals surface area (Å²) in [5.74, 6) is -5.21. The van der Waals surface area contributed by atoms with E-state index in [9.17, 15) is 18.4 Å². The monoisotopic (exact) mass is 245 g/mol. The molecular weight excluding hydrogens is 232 g/mol. The summed E-state index contributed by atoms with van der Waals surface area (Å²) in [5.41, 5.74) is -1.48. The van der Waals surface area contributed by atoms with Crippen LogP contribution >= 0.6 is 0 Å². The highest BCUT2D eigenvalue weighted by Crippen LogP contribution is 2.65. The zero-order chi connectivity index (χ0) is 12.4. The Kier molecular flexibility index (Phi) is 1.91. The van der Waals surface area contributed by atoms with Gasteiger partial charge in [-0.1, -0.05) is 0 Å². The van der Waals surface area contributed by atoms with Gasteiger partial charge in [-0.25, -0.2) is 8.78 Å². The van der Waals surface area contributed by atoms with Crippen LogP contribution in [-0.2, 0) is 9.59 Å². The zero-order valence-electron chi connectivity index (χ0n) is 9.16. The van der Waals surface area contributed by atoms with Gasteiger partial charge in [0.05, 0.1) is 12.0 Å². The molecule has 0 radical (unpaired) electrons. The molecule has 0 aromatic heterocycles. The predicted molar refractivity (Wildman–Crippen MR) is 52.5 cm³/mol. The van der Waals surface area contributed by atoms with E-state index in [4.69, 9.17) is 5.11 Å². The van der Waals surface area contributed by atoms with Crippen LogP contribution in [0.4, 0.5) is 8.78 Å². The molecule has 0 aromatic carbocycles. The Hall–Kier alpha value is -1.20. The first-order chi connectivity index (χ1) is 7.90. The van der Waals surface area contributed by atoms with E-state index in [1.807, 2.05) is 0 Å². The van der Waals surface area contributed by atoms with E-state index in [2.05, 4.69) is 0 Å². The number of fused-ring (bicyclic) bond motifs is 1. The van der Waals surface area contributed by atoms with Gasteiger partial charge in [-0.2, -0.15) is 0 Å². The van der Waals surface area contributed by atoms with Crippen molar-refractivity contribution >= 4 is 11.9 Å². The van der Waals surface area contributed by atoms with Gasteiger partial charge < -0.3 is 10.0 Å². The van der Waals surface area contributed by atoms with Crippen molar-refractivity contribution in [3.63, 3.8) is 0 Å². The van der Waals surface area contributed by atoms with Crippen molar-refractivity contribution in [2.24, 2.45) is 11.3 Å². The summed E-state index contributed by atoms with van der Waals surface area (Å²) in [4.78, 5) is 23.9. The van der Waals surface area contributed by atoms with Crippen molar-refractivity contribution in [2.45, 2.75) is 37.6 Å². The largest absolute Gasteiger partial charge is 0.481 e. The molecule has 1 N–H and O–H groups in total. The van der Waals surface area contributed by atoms with Crippen molar-refractivity contribution in [1.29, 1.82) is 0 Å². The molecule has 0 unspecified atom stereocenters. The summed E-state index contributed by atoms with van der Waals surface area (Å²) in [6.07, 6.45) is 0.806. The molecule has 2 aliphatic heterocycles. The number of hydrogen-bond donors (Lipinski definition) is 1. The lowest BCUT2D eigenvalue weighted by molar-refractivity contribution is -0.147. The number of halogens is 2. The van der Waals surface area contributed by atoms with Crippen LogP contribution < -0.4 is 0 Å². The predicted octanol–water partition coefficient (Wildman–Crippen LogP) is 1.11. The van der Waals surface area contributed by atoms with E-state index in [0.29, 0.717) is 0 Å². The smallest absolute Gasteiger partial charge is 0.308 e. The van der Waals surface area contributed by atoms with Crippen molar-refractivity contribution in [1.82, 2.24) is 4.90 Å². The van der Waals surface area contributed by atoms with Crippen LogP contribution in [0.2, 0.25) is 0 Å². The number of hydrogen-bond acceptors (Lipinski definition) is 2. The van der Waals surface area contributed by atoms with Crippen molar-refractivity contribution in [3.8, 4) is 0 Å². The van der Waals surface area contributed by atoms with Crippen molar-refractivity contribution in [3.05, 3.63) is 0 Å². The number of aliphatic carboxylic acids is 1. The summed E-state index contributed by atoms with van der Waals surface area (Å²) in [6, 6.07) is -1.08. The Labute approximate surface area is 96.6 Å². The van der Waals surface area contributed by atoms with E-state index in [1.54, 1.807) is 0 Å². The van der Waals surface area contributed by atoms with Gasteiger partial charge in [0, 0.05) is 6.54 Å². The van der Waals surface area contributed by atoms with Gasteiger partial charge in [0.15, 0.2) is 0 Å². The van der Waals surface area contributed by atoms with Gasteiger partial charge in [0.25, 0.3) is 5.92 Å². The molecule has 2 heterocycles. The normalized spacial score (nSPS) is 37.1. The molecule has 0 aromatic rings. The first-order valence-electron chi connectivity index (χ1n) is 5.82. The molecule has 1 aliphatic carbocycles. The van der Waals surface area contributed by atoms with E-state index in [0.717, 1.165) is 4.90 Å². The second kappa shape index (κ2) is 2.97. The molecule has 4 nitrogen and oxygen atoms in total. The quantitative estimate of drug-likeness (QED) is 0.752. The Morgan fingerprint density at radius 3 is 2.53 bits per heavy atom. The average Bonchev–Trinajstić information content (AvgIpc) is 3.05. The number of amides is 1. The number of carbonyl (C=O) groups excluding carboxylic acids is 1. The molecule has 2 atom stereocenters. The number of carbonyl (C=O) groups is 2. The summed E-state index contributed by atoms with van der Waals surface area (Å²) in [5, 5.41) is 8.89. The summed E-state index contributed by atoms with van der Waals surface area (Å²) >= 11 is 0. The SMILES string of the molecule is O=C(O)[C@@H]1CC[C@@H]2N(C1)C(=O)C1(CC1)C2(F)F. The highest BCUT2D eigenvalue weighted by molar-refractivity contribution is 5.90. The lowest BCUT2D eigenvalue weighted by Gasteiger charge is -2.34. The van der Waals surface area contributed by atoms with Gasteiger partial charge in [-0.05, 0) is 25.7 Å². The first-order valence-corrected chi connectivity index (χ1v) is 5.82. The molecule has 0 bridgehead atoms. The summed E-state index contributed by atoms with van der Waals surface area (Å²) < 4.78 is 28.2. The Morgan fingerprint density at radius 1 is 1.35 bits per heavy atom. The highest BCUT2D eigenvalue weighted by Gasteiger charge is 2.77. The fraction of sp³-hybridized carbons (Fsp3) is 0.818. The molecule has 94 valence electrons. The van der Waals surface area contributed by atoms with E-state index in [-0.39, 0.29) is 32.2 Å². The topological polar surface area (TPSA) is 57.6 Å². The van der Waals surface area contributed by atoms with Gasteiger partial charge >= 0.3 is 5.97 Å². The third-order valence-electron chi connectivity index (χ3n) is 4.41. The molecule has 1 spiro atoms. The van der Waals surface area contributed by atoms with Crippen LogP contribution in [0.5, 0.6) is 0 Å². The van der Waals surface area contributed by atoms with Gasteiger partial charge in [-0.3, -0.25) is 9.59 Å². The van der Waals surface area contributed by atoms with Crippen LogP contribution in [0.1, 0.15) is 25.7 Å². The lowest BCUT2D eigenvalue weighted by atomic mass is 9.89. The van der Waals surface area contributed by atoms with E-state index in [1.165, 1.54) is 0 Å². The van der Waals surface area contributed by atoms with Crippen LogP contribution in [0.15, 0.2) is 0 Å². The summed E-state index contributed by atoms with van der Waals surface area (Å²) in [6.45, 7) is -0.0594. The second-order valence-electron chi connectivity index (χ2n) is 5.29. The number of nitrogens with zero attached hydrogens (tertiary/aromatic N) is 1. The minimum Gasteiger partial charge on any atom is -0.481 e. The Bertz CT molecular complexity index is 406. The number of alkyl halides is 2. The minimum absolute atomic E-state index is 0.0594. The molecule has 17 heavy (non-hydrogen) atoms. The maximum Gasteiger partial charge on any atom is 0.308 e. The van der Waals surface area contributed by atoms with Gasteiger partial charge in [0.1, 0.15) is 5.41 Å². The fourth-order valence-electron chi connectivity index (χ4n) is 3.18. The lowest BCUT2D eigenvalue weighted by Crippen LogP contribution is -2.48. The molecule has 3 rings (SSSR count). The van der Waals surface area contributed by atoms with Crippen LogP contribution in [0, 0.1) is 11.3 Å². The molecule has 3 fully saturated rings. The third kappa shape index (κ3) is 1.16. The van der Waals surface area contributed by atoms with Crippen LogP contribution in [-0.4, -0.2) is 40.4 Å². The molecule has 1 saturated carbocycles. The maximum absolute atomic E-state index is 14.1. The molecule has 6 heteroatoms. The second-order valence-corrected chi connectivity index (χ2v) is 5.29. The standard InChI is InChI=1S/C11H13F2NO3/c12-11(13)7-2-1-6(8(15)16)5-14(7)9(17)10(11)3-4-10/h6-7H,1-5H2,(H,15,16)/t6-,7+/m1/s1. The molecule has 3 aliphatic rings. The van der Waals surface area contributed by atoms with Crippen molar-refractivity contribution in [2.75, 3.05) is 6.54 Å². The molecular formula is C11H13F2NO3. The number of carboxylic acid groups (broad SMARTS) is 1. The number of carboxylic acids is 1. The van der Waals surface area contributed by atoms with Crippen LogP contribution in [0.3, 0.4) is 0 Å².